The Morgan fingerprint density at radius 2 is 0.962 bits per heavy atom. The van der Waals surface area contributed by atoms with Gasteiger partial charge in [-0.3, -0.25) is 4.79 Å². The zero-order valence-electron chi connectivity index (χ0n) is 15.8. The number of carbonyl (C=O) groups excluding carboxylic acids is 1. The Labute approximate surface area is 157 Å². The van der Waals surface area contributed by atoms with Crippen LogP contribution in [0.25, 0.3) is 0 Å². The first-order valence-electron chi connectivity index (χ1n) is 10.6. The Hall–Kier alpha value is -1.89. The molecular weight excluding hydrogens is 316 g/mol. The maximum Gasteiger partial charge on any atom is 0.193 e. The summed E-state index contributed by atoms with van der Waals surface area (Å²) in [6.45, 7) is 0. The van der Waals surface area contributed by atoms with Gasteiger partial charge in [0.05, 0.1) is 0 Å². The lowest BCUT2D eigenvalue weighted by Crippen LogP contribution is -2.15. The minimum absolute atomic E-state index is 0.243. The molecule has 2 aliphatic carbocycles. The molecule has 0 heterocycles. The third-order valence-corrected chi connectivity index (χ3v) is 6.50. The lowest BCUT2D eigenvalue weighted by atomic mass is 9.78. The molecule has 0 aromatic heterocycles. The van der Waals surface area contributed by atoms with Gasteiger partial charge in [0.15, 0.2) is 5.78 Å². The average molecular weight is 347 g/mol. The van der Waals surface area contributed by atoms with E-state index in [9.17, 15) is 4.79 Å². The normalized spacial score (nSPS) is 19.4. The van der Waals surface area contributed by atoms with Crippen LogP contribution in [0.3, 0.4) is 0 Å². The fourth-order valence-corrected chi connectivity index (χ4v) is 5.09. The highest BCUT2D eigenvalue weighted by Gasteiger charge is 2.25. The van der Waals surface area contributed by atoms with Crippen LogP contribution in [-0.2, 0) is 0 Å². The van der Waals surface area contributed by atoms with E-state index in [1.54, 1.807) is 0 Å². The molecule has 2 aromatic carbocycles. The van der Waals surface area contributed by atoms with Gasteiger partial charge in [0.1, 0.15) is 0 Å². The smallest absolute Gasteiger partial charge is 0.193 e. The molecule has 0 unspecified atom stereocenters. The fourth-order valence-electron chi connectivity index (χ4n) is 5.09. The van der Waals surface area contributed by atoms with Crippen molar-refractivity contribution in [3.8, 4) is 0 Å². The van der Waals surface area contributed by atoms with Crippen molar-refractivity contribution < 1.29 is 4.79 Å². The lowest BCUT2D eigenvalue weighted by molar-refractivity contribution is 0.103. The summed E-state index contributed by atoms with van der Waals surface area (Å²) < 4.78 is 0. The molecule has 2 aliphatic rings. The van der Waals surface area contributed by atoms with Crippen LogP contribution >= 0.6 is 0 Å². The topological polar surface area (TPSA) is 17.1 Å². The van der Waals surface area contributed by atoms with E-state index in [0.29, 0.717) is 11.8 Å². The van der Waals surface area contributed by atoms with E-state index < -0.39 is 0 Å². The second-order valence-corrected chi connectivity index (χ2v) is 8.17. The number of hydrogen-bond donors (Lipinski definition) is 0. The van der Waals surface area contributed by atoms with Crippen molar-refractivity contribution in [2.24, 2.45) is 0 Å². The van der Waals surface area contributed by atoms with E-state index in [4.69, 9.17) is 0 Å². The second kappa shape index (κ2) is 8.20. The maximum atomic E-state index is 13.6. The number of benzene rings is 2. The van der Waals surface area contributed by atoms with Gasteiger partial charge in [-0.05, 0) is 48.6 Å². The summed E-state index contributed by atoms with van der Waals surface area (Å²) >= 11 is 0. The molecule has 1 nitrogen and oxygen atoms in total. The zero-order valence-corrected chi connectivity index (χ0v) is 15.8. The molecule has 2 saturated carbocycles. The Morgan fingerprint density at radius 3 is 1.38 bits per heavy atom. The van der Waals surface area contributed by atoms with E-state index in [1.165, 1.54) is 75.3 Å². The molecule has 2 fully saturated rings. The first-order valence-corrected chi connectivity index (χ1v) is 10.6. The molecular formula is C25H30O. The summed E-state index contributed by atoms with van der Waals surface area (Å²) in [7, 11) is 0. The standard InChI is InChI=1S/C25H30O/c26-25(23-17-9-7-15-21(23)19-11-3-1-4-12-19)24-18-10-8-16-22(24)20-13-5-2-6-14-20/h7-10,15-20H,1-6,11-14H2. The minimum Gasteiger partial charge on any atom is -0.289 e. The summed E-state index contributed by atoms with van der Waals surface area (Å²) in [4.78, 5) is 13.6. The van der Waals surface area contributed by atoms with Gasteiger partial charge in [-0.2, -0.15) is 0 Å². The highest BCUT2D eigenvalue weighted by molar-refractivity contribution is 6.11. The fraction of sp³-hybridized carbons (Fsp3) is 0.480. The van der Waals surface area contributed by atoms with E-state index in [1.807, 2.05) is 12.1 Å². The summed E-state index contributed by atoms with van der Waals surface area (Å²) in [5.41, 5.74) is 4.47. The largest absolute Gasteiger partial charge is 0.289 e. The Balaban J connectivity index is 1.68. The molecule has 0 amide bonds. The Bertz CT molecular complexity index is 685. The number of ketones is 1. The molecule has 4 rings (SSSR count). The van der Waals surface area contributed by atoms with Crippen LogP contribution in [0.15, 0.2) is 48.5 Å². The van der Waals surface area contributed by atoms with Crippen LogP contribution in [0.4, 0.5) is 0 Å². The molecule has 2 aromatic rings. The Morgan fingerprint density at radius 1 is 0.577 bits per heavy atom. The van der Waals surface area contributed by atoms with Crippen molar-refractivity contribution in [1.29, 1.82) is 0 Å². The van der Waals surface area contributed by atoms with Crippen LogP contribution in [0.1, 0.15) is 103 Å². The van der Waals surface area contributed by atoms with Crippen LogP contribution in [0.5, 0.6) is 0 Å². The van der Waals surface area contributed by atoms with Gasteiger partial charge < -0.3 is 0 Å². The van der Waals surface area contributed by atoms with Gasteiger partial charge in [-0.1, -0.05) is 87.1 Å². The van der Waals surface area contributed by atoms with Gasteiger partial charge in [-0.25, -0.2) is 0 Å². The lowest BCUT2D eigenvalue weighted by Gasteiger charge is -2.26. The summed E-state index contributed by atoms with van der Waals surface area (Å²) in [6, 6.07) is 16.8. The summed E-state index contributed by atoms with van der Waals surface area (Å²) in [5, 5.41) is 0. The van der Waals surface area contributed by atoms with Crippen LogP contribution in [0, 0.1) is 0 Å². The predicted octanol–water partition coefficient (Wildman–Crippen LogP) is 7.01. The maximum absolute atomic E-state index is 13.6. The van der Waals surface area contributed by atoms with Gasteiger partial charge in [0.25, 0.3) is 0 Å². The number of rotatable bonds is 4. The first-order chi connectivity index (χ1) is 12.8. The van der Waals surface area contributed by atoms with E-state index in [0.717, 1.165) is 11.1 Å². The van der Waals surface area contributed by atoms with Gasteiger partial charge in [0.2, 0.25) is 0 Å². The second-order valence-electron chi connectivity index (χ2n) is 8.17. The highest BCUT2D eigenvalue weighted by Crippen LogP contribution is 2.38. The minimum atomic E-state index is 0.243. The van der Waals surface area contributed by atoms with Crippen molar-refractivity contribution >= 4 is 5.78 Å². The molecule has 136 valence electrons. The predicted molar refractivity (Wildman–Crippen MR) is 108 cm³/mol. The molecule has 0 N–H and O–H groups in total. The molecule has 0 bridgehead atoms. The first kappa shape index (κ1) is 17.5. The number of carbonyl (C=O) groups is 1. The zero-order chi connectivity index (χ0) is 17.8. The summed E-state index contributed by atoms with van der Waals surface area (Å²) in [6.07, 6.45) is 12.8. The molecule has 0 aliphatic heterocycles. The quantitative estimate of drug-likeness (QED) is 0.544. The van der Waals surface area contributed by atoms with E-state index in [2.05, 4.69) is 36.4 Å². The third-order valence-electron chi connectivity index (χ3n) is 6.50. The SMILES string of the molecule is O=C(c1ccccc1C1CCCCC1)c1ccccc1C1CCCCC1. The molecule has 1 heteroatoms. The van der Waals surface area contributed by atoms with Crippen LogP contribution in [-0.4, -0.2) is 5.78 Å². The Kier molecular flexibility index (Phi) is 5.53. The van der Waals surface area contributed by atoms with Crippen molar-refractivity contribution in [1.82, 2.24) is 0 Å². The van der Waals surface area contributed by atoms with Crippen LogP contribution < -0.4 is 0 Å². The van der Waals surface area contributed by atoms with Crippen molar-refractivity contribution in [3.05, 3.63) is 70.8 Å². The van der Waals surface area contributed by atoms with E-state index in [-0.39, 0.29) is 5.78 Å². The van der Waals surface area contributed by atoms with Crippen molar-refractivity contribution in [3.63, 3.8) is 0 Å². The molecule has 0 radical (unpaired) electrons. The number of hydrogen-bond acceptors (Lipinski definition) is 1. The average Bonchev–Trinajstić information content (AvgIpc) is 2.74. The molecule has 0 atom stereocenters. The van der Waals surface area contributed by atoms with Gasteiger partial charge in [-0.15, -0.1) is 0 Å². The molecule has 0 spiro atoms. The third kappa shape index (κ3) is 3.63. The van der Waals surface area contributed by atoms with Gasteiger partial charge in [0, 0.05) is 11.1 Å². The molecule has 0 saturated heterocycles. The van der Waals surface area contributed by atoms with E-state index >= 15 is 0 Å². The summed E-state index contributed by atoms with van der Waals surface area (Å²) in [5.74, 6) is 1.36. The molecule has 26 heavy (non-hydrogen) atoms. The highest BCUT2D eigenvalue weighted by atomic mass is 16.1. The van der Waals surface area contributed by atoms with Crippen LogP contribution in [0.2, 0.25) is 0 Å². The van der Waals surface area contributed by atoms with Crippen molar-refractivity contribution in [2.75, 3.05) is 0 Å². The monoisotopic (exact) mass is 346 g/mol. The van der Waals surface area contributed by atoms with Gasteiger partial charge >= 0.3 is 0 Å². The van der Waals surface area contributed by atoms with Crippen molar-refractivity contribution in [2.45, 2.75) is 76.0 Å².